The first-order valence-electron chi connectivity index (χ1n) is 6.36. The molecule has 6 nitrogen and oxygen atoms in total. The zero-order valence-electron chi connectivity index (χ0n) is 12.0. The lowest BCUT2D eigenvalue weighted by Crippen LogP contribution is -2.12. The van der Waals surface area contributed by atoms with Gasteiger partial charge in [0.05, 0.1) is 0 Å². The summed E-state index contributed by atoms with van der Waals surface area (Å²) in [5.41, 5.74) is 2.67. The highest BCUT2D eigenvalue weighted by atomic mass is 35.5. The van der Waals surface area contributed by atoms with Crippen LogP contribution in [0.4, 0.5) is 5.69 Å². The Morgan fingerprint density at radius 3 is 2.52 bits per heavy atom. The van der Waals surface area contributed by atoms with Gasteiger partial charge in [0.15, 0.2) is 10.8 Å². The van der Waals surface area contributed by atoms with Gasteiger partial charge in [-0.1, -0.05) is 29.0 Å². The van der Waals surface area contributed by atoms with Crippen molar-refractivity contribution in [1.29, 1.82) is 0 Å². The molecule has 0 amide bonds. The molecule has 1 N–H and O–H groups in total. The number of aromatic nitrogens is 3. The van der Waals surface area contributed by atoms with E-state index in [0.717, 1.165) is 22.5 Å². The van der Waals surface area contributed by atoms with Crippen LogP contribution in [0.1, 0.15) is 11.1 Å². The van der Waals surface area contributed by atoms with Crippen molar-refractivity contribution in [2.75, 3.05) is 4.72 Å². The molecule has 1 aromatic carbocycles. The predicted octanol–water partition coefficient (Wildman–Crippen LogP) is 3.81. The Morgan fingerprint density at radius 1 is 1.09 bits per heavy atom. The third kappa shape index (κ3) is 3.25. The fraction of sp³-hybridized carbons (Fsp3) is 0.154. The SMILES string of the molecule is Cc1ccc(NS(=O)(=O)c2nc3nc(Cl)nc(Cl)c3s2)cc1C. The summed E-state index contributed by atoms with van der Waals surface area (Å²) in [6.45, 7) is 3.85. The predicted molar refractivity (Wildman–Crippen MR) is 92.0 cm³/mol. The maximum absolute atomic E-state index is 12.5. The first-order chi connectivity index (χ1) is 10.8. The first-order valence-corrected chi connectivity index (χ1v) is 9.41. The summed E-state index contributed by atoms with van der Waals surface area (Å²) in [4.78, 5) is 11.6. The minimum atomic E-state index is -3.85. The summed E-state index contributed by atoms with van der Waals surface area (Å²) >= 11 is 12.5. The van der Waals surface area contributed by atoms with Crippen LogP contribution in [0.5, 0.6) is 0 Å². The molecule has 0 saturated heterocycles. The Labute approximate surface area is 146 Å². The largest absolute Gasteiger partial charge is 0.289 e. The highest BCUT2D eigenvalue weighted by Crippen LogP contribution is 2.31. The second-order valence-electron chi connectivity index (χ2n) is 4.82. The van der Waals surface area contributed by atoms with Crippen molar-refractivity contribution in [3.63, 3.8) is 0 Å². The van der Waals surface area contributed by atoms with Gasteiger partial charge >= 0.3 is 0 Å². The van der Waals surface area contributed by atoms with Gasteiger partial charge in [0.25, 0.3) is 10.0 Å². The number of aryl methyl sites for hydroxylation is 2. The van der Waals surface area contributed by atoms with Crippen LogP contribution in [0.25, 0.3) is 10.3 Å². The van der Waals surface area contributed by atoms with E-state index in [1.54, 1.807) is 12.1 Å². The fourth-order valence-corrected chi connectivity index (χ4v) is 4.52. The zero-order chi connectivity index (χ0) is 16.8. The van der Waals surface area contributed by atoms with E-state index >= 15 is 0 Å². The molecule has 0 atom stereocenters. The van der Waals surface area contributed by atoms with Crippen molar-refractivity contribution in [1.82, 2.24) is 15.0 Å². The lowest BCUT2D eigenvalue weighted by Gasteiger charge is -2.07. The number of benzene rings is 1. The van der Waals surface area contributed by atoms with Crippen LogP contribution in [0.3, 0.4) is 0 Å². The van der Waals surface area contributed by atoms with Crippen LogP contribution in [-0.4, -0.2) is 23.4 Å². The summed E-state index contributed by atoms with van der Waals surface area (Å²) in [5, 5.41) is -0.0102. The molecule has 2 aromatic heterocycles. The Morgan fingerprint density at radius 2 is 1.83 bits per heavy atom. The third-order valence-electron chi connectivity index (χ3n) is 3.15. The number of hydrogen-bond acceptors (Lipinski definition) is 6. The molecule has 3 rings (SSSR count). The molecule has 0 fully saturated rings. The molecule has 0 aliphatic rings. The maximum atomic E-state index is 12.5. The van der Waals surface area contributed by atoms with E-state index in [-0.39, 0.29) is 20.4 Å². The van der Waals surface area contributed by atoms with Gasteiger partial charge in [0.2, 0.25) is 9.62 Å². The molecule has 0 spiro atoms. The van der Waals surface area contributed by atoms with Crippen molar-refractivity contribution in [2.24, 2.45) is 0 Å². The quantitative estimate of drug-likeness (QED) is 0.544. The Hall–Kier alpha value is -1.48. The van der Waals surface area contributed by atoms with Crippen molar-refractivity contribution in [3.8, 4) is 0 Å². The average molecular weight is 389 g/mol. The standard InChI is InChI=1S/C13H10Cl2N4O2S2/c1-6-3-4-8(5-7(6)2)19-23(20,21)13-18-11-9(22-13)10(14)16-12(15)17-11/h3-5,19H,1-2H3. The maximum Gasteiger partial charge on any atom is 0.289 e. The molecule has 0 radical (unpaired) electrons. The Balaban J connectivity index is 2.02. The molecule has 0 saturated carbocycles. The number of thiazole rings is 1. The van der Waals surface area contributed by atoms with Gasteiger partial charge in [-0.25, -0.2) is 9.97 Å². The van der Waals surface area contributed by atoms with Crippen LogP contribution in [0, 0.1) is 13.8 Å². The topological polar surface area (TPSA) is 84.8 Å². The summed E-state index contributed by atoms with van der Waals surface area (Å²) < 4.78 is 27.7. The third-order valence-corrected chi connectivity index (χ3v) is 6.52. The molecule has 120 valence electrons. The van der Waals surface area contributed by atoms with E-state index in [4.69, 9.17) is 23.2 Å². The second kappa shape index (κ2) is 5.86. The molecule has 10 heteroatoms. The average Bonchev–Trinajstić information content (AvgIpc) is 2.87. The van der Waals surface area contributed by atoms with Gasteiger partial charge in [0.1, 0.15) is 4.70 Å². The molecular weight excluding hydrogens is 379 g/mol. The van der Waals surface area contributed by atoms with Crippen LogP contribution in [-0.2, 0) is 10.0 Å². The summed E-state index contributed by atoms with van der Waals surface area (Å²) in [6, 6.07) is 5.29. The fourth-order valence-electron chi connectivity index (χ4n) is 1.87. The van der Waals surface area contributed by atoms with Crippen molar-refractivity contribution in [3.05, 3.63) is 39.8 Å². The number of anilines is 1. The van der Waals surface area contributed by atoms with Gasteiger partial charge in [-0.3, -0.25) is 4.72 Å². The van der Waals surface area contributed by atoms with Crippen LogP contribution < -0.4 is 4.72 Å². The van der Waals surface area contributed by atoms with E-state index in [1.807, 2.05) is 19.9 Å². The smallest absolute Gasteiger partial charge is 0.278 e. The van der Waals surface area contributed by atoms with E-state index in [0.29, 0.717) is 10.4 Å². The Kier molecular flexibility index (Phi) is 4.18. The highest BCUT2D eigenvalue weighted by molar-refractivity contribution is 7.94. The minimum Gasteiger partial charge on any atom is -0.278 e. The Bertz CT molecular complexity index is 1020. The summed E-state index contributed by atoms with van der Waals surface area (Å²) in [6.07, 6.45) is 0. The van der Waals surface area contributed by atoms with Gasteiger partial charge in [-0.05, 0) is 48.7 Å². The number of halogens is 2. The molecule has 0 aliphatic carbocycles. The molecule has 3 aromatic rings. The lowest BCUT2D eigenvalue weighted by atomic mass is 10.1. The number of fused-ring (bicyclic) bond motifs is 1. The van der Waals surface area contributed by atoms with E-state index in [2.05, 4.69) is 19.7 Å². The minimum absolute atomic E-state index is 0.0742. The normalized spacial score (nSPS) is 11.8. The second-order valence-corrected chi connectivity index (χ2v) is 8.37. The molecule has 23 heavy (non-hydrogen) atoms. The van der Waals surface area contributed by atoms with Gasteiger partial charge in [0, 0.05) is 5.69 Å². The molecule has 0 aliphatic heterocycles. The summed E-state index contributed by atoms with van der Waals surface area (Å²) in [5.74, 6) is 0. The molecule has 0 bridgehead atoms. The van der Waals surface area contributed by atoms with Crippen LogP contribution >= 0.6 is 34.5 Å². The molecular formula is C13H10Cl2N4O2S2. The van der Waals surface area contributed by atoms with Gasteiger partial charge in [-0.15, -0.1) is 0 Å². The van der Waals surface area contributed by atoms with Gasteiger partial charge < -0.3 is 0 Å². The first kappa shape index (κ1) is 16.4. The van der Waals surface area contributed by atoms with Gasteiger partial charge in [-0.2, -0.15) is 13.4 Å². The van der Waals surface area contributed by atoms with Crippen molar-refractivity contribution in [2.45, 2.75) is 18.2 Å². The van der Waals surface area contributed by atoms with Crippen molar-refractivity contribution < 1.29 is 8.42 Å². The van der Waals surface area contributed by atoms with E-state index < -0.39 is 10.0 Å². The van der Waals surface area contributed by atoms with Crippen molar-refractivity contribution >= 4 is 60.6 Å². The summed E-state index contributed by atoms with van der Waals surface area (Å²) in [7, 11) is -3.85. The number of sulfonamides is 1. The van der Waals surface area contributed by atoms with E-state index in [1.165, 1.54) is 0 Å². The number of rotatable bonds is 3. The molecule has 2 heterocycles. The van der Waals surface area contributed by atoms with Crippen LogP contribution in [0.15, 0.2) is 22.5 Å². The van der Waals surface area contributed by atoms with E-state index in [9.17, 15) is 8.42 Å². The monoisotopic (exact) mass is 388 g/mol. The van der Waals surface area contributed by atoms with Crippen LogP contribution in [0.2, 0.25) is 10.4 Å². The highest BCUT2D eigenvalue weighted by Gasteiger charge is 2.22. The molecule has 0 unspecified atom stereocenters. The number of nitrogens with one attached hydrogen (secondary N) is 1. The number of nitrogens with zero attached hydrogens (tertiary/aromatic N) is 3. The zero-order valence-corrected chi connectivity index (χ0v) is 15.1. The number of hydrogen-bond donors (Lipinski definition) is 1. The lowest BCUT2D eigenvalue weighted by molar-refractivity contribution is 0.600.